The number of fused-ring (bicyclic) bond motifs is 1. The Labute approximate surface area is 240 Å². The van der Waals surface area contributed by atoms with Gasteiger partial charge >= 0.3 is 0 Å². The van der Waals surface area contributed by atoms with Crippen LogP contribution in [0.25, 0.3) is 0 Å². The Balaban J connectivity index is 1.53. The summed E-state index contributed by atoms with van der Waals surface area (Å²) in [5, 5.41) is 16.9. The van der Waals surface area contributed by atoms with E-state index < -0.39 is 41.0 Å². The Morgan fingerprint density at radius 1 is 1.15 bits per heavy atom. The number of halogens is 1. The molecule has 0 saturated carbocycles. The molecule has 3 aliphatic rings. The van der Waals surface area contributed by atoms with Gasteiger partial charge in [0.25, 0.3) is 0 Å². The van der Waals surface area contributed by atoms with Crippen LogP contribution >= 0.6 is 11.6 Å². The van der Waals surface area contributed by atoms with E-state index in [1.165, 1.54) is 4.90 Å². The van der Waals surface area contributed by atoms with E-state index in [0.29, 0.717) is 36.5 Å². The van der Waals surface area contributed by atoms with Gasteiger partial charge in [-0.2, -0.15) is 0 Å². The number of rotatable bonds is 9. The number of anilines is 1. The van der Waals surface area contributed by atoms with Crippen LogP contribution in [0.3, 0.4) is 0 Å². The van der Waals surface area contributed by atoms with Crippen molar-refractivity contribution in [1.29, 1.82) is 0 Å². The largest absolute Gasteiger partial charge is 0.394 e. The molecule has 3 aliphatic heterocycles. The van der Waals surface area contributed by atoms with Crippen LogP contribution in [0.4, 0.5) is 5.69 Å². The van der Waals surface area contributed by atoms with Crippen LogP contribution in [0, 0.1) is 24.7 Å². The van der Waals surface area contributed by atoms with E-state index in [4.69, 9.17) is 16.3 Å². The molecule has 2 aromatic carbocycles. The molecule has 3 saturated heterocycles. The normalized spacial score (nSPS) is 30.2. The number of aryl methyl sites for hydroxylation is 1. The van der Waals surface area contributed by atoms with E-state index in [2.05, 4.69) is 10.6 Å². The first kappa shape index (κ1) is 28.6. The Kier molecular flexibility index (Phi) is 7.72. The fourth-order valence-corrected chi connectivity index (χ4v) is 7.38. The van der Waals surface area contributed by atoms with Gasteiger partial charge in [0.05, 0.1) is 40.8 Å². The lowest BCUT2D eigenvalue weighted by Crippen LogP contribution is -2.57. The third kappa shape index (κ3) is 4.50. The molecule has 3 N–H and O–H groups in total. The van der Waals surface area contributed by atoms with Crippen LogP contribution in [0.5, 0.6) is 0 Å². The van der Waals surface area contributed by atoms with E-state index in [1.54, 1.807) is 12.1 Å². The molecule has 2 bridgehead atoms. The molecule has 1 spiro atoms. The zero-order valence-corrected chi connectivity index (χ0v) is 24.2. The molecular formula is C31H38ClN3O5. The number of carbonyl (C=O) groups excluding carboxylic acids is 3. The average molecular weight is 568 g/mol. The summed E-state index contributed by atoms with van der Waals surface area (Å²) >= 11 is 6.45. The van der Waals surface area contributed by atoms with Crippen molar-refractivity contribution < 1.29 is 24.2 Å². The first-order chi connectivity index (χ1) is 19.1. The molecule has 2 unspecified atom stereocenters. The van der Waals surface area contributed by atoms with Crippen LogP contribution in [0.15, 0.2) is 48.5 Å². The molecule has 2 aromatic rings. The van der Waals surface area contributed by atoms with Crippen molar-refractivity contribution in [3.8, 4) is 0 Å². The third-order valence-electron chi connectivity index (χ3n) is 9.37. The number of carbonyl (C=O) groups is 3. The molecule has 3 amide bonds. The predicted molar refractivity (Wildman–Crippen MR) is 153 cm³/mol. The number of aliphatic hydroxyl groups is 1. The maximum atomic E-state index is 14.4. The Morgan fingerprint density at radius 2 is 1.88 bits per heavy atom. The van der Waals surface area contributed by atoms with Gasteiger partial charge in [0, 0.05) is 6.54 Å². The minimum Gasteiger partial charge on any atom is -0.394 e. The molecule has 214 valence electrons. The SMILES string of the molecule is CC[C@H](C)[C@H](CO)N1C(=O)[C@@H]2[C@H](C(=O)NCc3ccccc3)[C@]3(C)CCC2(O3)C1C(=O)Nc1c(C)cccc1Cl. The molecule has 3 heterocycles. The van der Waals surface area contributed by atoms with Gasteiger partial charge in [0.2, 0.25) is 17.7 Å². The van der Waals surface area contributed by atoms with Gasteiger partial charge in [-0.1, -0.05) is 74.3 Å². The van der Waals surface area contributed by atoms with Crippen LogP contribution in [0.1, 0.15) is 51.2 Å². The highest BCUT2D eigenvalue weighted by atomic mass is 35.5. The van der Waals surface area contributed by atoms with Crippen molar-refractivity contribution in [1.82, 2.24) is 10.2 Å². The van der Waals surface area contributed by atoms with Crippen molar-refractivity contribution in [3.63, 3.8) is 0 Å². The highest BCUT2D eigenvalue weighted by Gasteiger charge is 2.78. The molecule has 5 rings (SSSR count). The molecule has 3 fully saturated rings. The van der Waals surface area contributed by atoms with Gasteiger partial charge in [0.15, 0.2) is 0 Å². The summed E-state index contributed by atoms with van der Waals surface area (Å²) in [6, 6.07) is 13.3. The number of nitrogens with one attached hydrogen (secondary N) is 2. The van der Waals surface area contributed by atoms with E-state index in [-0.39, 0.29) is 24.3 Å². The van der Waals surface area contributed by atoms with Crippen molar-refractivity contribution in [2.45, 2.75) is 76.8 Å². The second-order valence-electron chi connectivity index (χ2n) is 11.7. The molecule has 9 heteroatoms. The molecule has 0 aromatic heterocycles. The average Bonchev–Trinajstić information content (AvgIpc) is 3.51. The number of nitrogens with zero attached hydrogens (tertiary/aromatic N) is 1. The molecular weight excluding hydrogens is 530 g/mol. The number of hydrogen-bond donors (Lipinski definition) is 3. The summed E-state index contributed by atoms with van der Waals surface area (Å²) in [5.74, 6) is -2.71. The van der Waals surface area contributed by atoms with E-state index in [1.807, 2.05) is 64.1 Å². The number of hydrogen-bond acceptors (Lipinski definition) is 5. The minimum absolute atomic E-state index is 0.0836. The number of likely N-dealkylation sites (tertiary alicyclic amines) is 1. The lowest BCUT2D eigenvalue weighted by Gasteiger charge is -2.39. The number of para-hydroxylation sites is 1. The van der Waals surface area contributed by atoms with E-state index in [0.717, 1.165) is 11.1 Å². The first-order valence-electron chi connectivity index (χ1n) is 14.1. The van der Waals surface area contributed by atoms with Gasteiger partial charge in [-0.05, 0) is 49.8 Å². The maximum absolute atomic E-state index is 14.4. The van der Waals surface area contributed by atoms with Crippen LogP contribution in [-0.4, -0.2) is 57.6 Å². The molecule has 0 radical (unpaired) electrons. The molecule has 8 nitrogen and oxygen atoms in total. The zero-order chi connectivity index (χ0) is 28.8. The summed E-state index contributed by atoms with van der Waals surface area (Å²) in [6.07, 6.45) is 1.69. The minimum atomic E-state index is -1.19. The number of ether oxygens (including phenoxy) is 1. The van der Waals surface area contributed by atoms with E-state index in [9.17, 15) is 19.5 Å². The van der Waals surface area contributed by atoms with Gasteiger partial charge in [0.1, 0.15) is 11.6 Å². The Morgan fingerprint density at radius 3 is 2.52 bits per heavy atom. The second-order valence-corrected chi connectivity index (χ2v) is 12.1. The standard InChI is InChI=1S/C31H38ClN3O5/c1-5-18(2)22(17-36)35-26(28(38)34-25-19(3)10-9-13-21(25)32)31-15-14-30(4,40-31)23(24(31)29(35)39)27(37)33-16-20-11-7-6-8-12-20/h6-13,18,22-24,26,36H,5,14-17H2,1-4H3,(H,33,37)(H,34,38)/t18-,22-,23+,24-,26?,30-,31?/m0/s1. The van der Waals surface area contributed by atoms with Crippen LogP contribution in [-0.2, 0) is 25.7 Å². The highest BCUT2D eigenvalue weighted by molar-refractivity contribution is 6.34. The monoisotopic (exact) mass is 567 g/mol. The van der Waals surface area contributed by atoms with E-state index >= 15 is 0 Å². The quantitative estimate of drug-likeness (QED) is 0.423. The van der Waals surface area contributed by atoms with Crippen molar-refractivity contribution >= 4 is 35.0 Å². The van der Waals surface area contributed by atoms with Gasteiger partial charge < -0.3 is 25.4 Å². The Bertz CT molecular complexity index is 1280. The smallest absolute Gasteiger partial charge is 0.250 e. The zero-order valence-electron chi connectivity index (χ0n) is 23.4. The predicted octanol–water partition coefficient (Wildman–Crippen LogP) is 4.08. The fourth-order valence-electron chi connectivity index (χ4n) is 7.11. The fraction of sp³-hybridized carbons (Fsp3) is 0.516. The molecule has 7 atom stereocenters. The van der Waals surface area contributed by atoms with Gasteiger partial charge in [-0.25, -0.2) is 0 Å². The summed E-state index contributed by atoms with van der Waals surface area (Å²) in [6.45, 7) is 7.68. The number of benzene rings is 2. The lowest BCUT2D eigenvalue weighted by molar-refractivity contribution is -0.149. The third-order valence-corrected chi connectivity index (χ3v) is 9.69. The van der Waals surface area contributed by atoms with Crippen LogP contribution in [0.2, 0.25) is 5.02 Å². The highest BCUT2D eigenvalue weighted by Crippen LogP contribution is 2.63. The van der Waals surface area contributed by atoms with Crippen molar-refractivity contribution in [2.75, 3.05) is 11.9 Å². The van der Waals surface area contributed by atoms with Gasteiger partial charge in [-0.15, -0.1) is 0 Å². The first-order valence-corrected chi connectivity index (χ1v) is 14.5. The lowest BCUT2D eigenvalue weighted by atomic mass is 9.66. The molecule has 40 heavy (non-hydrogen) atoms. The maximum Gasteiger partial charge on any atom is 0.250 e. The van der Waals surface area contributed by atoms with Crippen LogP contribution < -0.4 is 10.6 Å². The number of amides is 3. The topological polar surface area (TPSA) is 108 Å². The Hall–Kier alpha value is -2.94. The second kappa shape index (κ2) is 10.8. The molecule has 0 aliphatic carbocycles. The van der Waals surface area contributed by atoms with Crippen molar-refractivity contribution in [2.24, 2.45) is 17.8 Å². The summed E-state index contributed by atoms with van der Waals surface area (Å²) < 4.78 is 6.70. The summed E-state index contributed by atoms with van der Waals surface area (Å²) in [5.41, 5.74) is 0.121. The van der Waals surface area contributed by atoms with Crippen molar-refractivity contribution in [3.05, 3.63) is 64.7 Å². The number of aliphatic hydroxyl groups excluding tert-OH is 1. The van der Waals surface area contributed by atoms with Gasteiger partial charge in [-0.3, -0.25) is 14.4 Å². The summed E-state index contributed by atoms with van der Waals surface area (Å²) in [4.78, 5) is 43.8. The summed E-state index contributed by atoms with van der Waals surface area (Å²) in [7, 11) is 0.